The molecule has 1 aliphatic rings. The topological polar surface area (TPSA) is 111 Å². The van der Waals surface area contributed by atoms with Crippen LogP contribution in [0.25, 0.3) is 10.6 Å². The number of hydrogen-bond donors (Lipinski definition) is 1. The summed E-state index contributed by atoms with van der Waals surface area (Å²) >= 11 is 1.20. The van der Waals surface area contributed by atoms with Gasteiger partial charge in [0, 0.05) is 5.56 Å². The van der Waals surface area contributed by atoms with Gasteiger partial charge in [-0.3, -0.25) is 14.4 Å². The molecule has 0 saturated heterocycles. The molecule has 1 amide bonds. The minimum atomic E-state index is -3.59. The molecule has 1 N–H and O–H groups in total. The lowest BCUT2D eigenvalue weighted by Crippen LogP contribution is -2.48. The Hall–Kier alpha value is -3.18. The van der Waals surface area contributed by atoms with E-state index >= 15 is 0 Å². The summed E-state index contributed by atoms with van der Waals surface area (Å²) < 4.78 is 36.7. The van der Waals surface area contributed by atoms with Gasteiger partial charge in [-0.05, 0) is 48.9 Å². The van der Waals surface area contributed by atoms with Crippen LogP contribution in [-0.2, 0) is 14.8 Å². The first-order valence-corrected chi connectivity index (χ1v) is 11.9. The van der Waals surface area contributed by atoms with E-state index in [0.29, 0.717) is 21.6 Å². The van der Waals surface area contributed by atoms with Crippen molar-refractivity contribution in [2.45, 2.75) is 13.0 Å². The predicted molar refractivity (Wildman–Crippen MR) is 118 cm³/mol. The van der Waals surface area contributed by atoms with Crippen LogP contribution in [0, 0.1) is 6.92 Å². The van der Waals surface area contributed by atoms with E-state index < -0.39 is 22.0 Å². The van der Waals surface area contributed by atoms with Gasteiger partial charge < -0.3 is 9.47 Å². The van der Waals surface area contributed by atoms with Crippen LogP contribution >= 0.6 is 11.3 Å². The Bertz CT molecular complexity index is 1220. The molecule has 0 radical (unpaired) electrons. The number of amides is 1. The molecule has 1 unspecified atom stereocenters. The second-order valence-corrected chi connectivity index (χ2v) is 9.89. The molecule has 0 spiro atoms. The van der Waals surface area contributed by atoms with Crippen LogP contribution in [0.4, 0.5) is 10.8 Å². The first-order chi connectivity index (χ1) is 14.7. The lowest BCUT2D eigenvalue weighted by atomic mass is 10.1. The number of hydrogen-bond acceptors (Lipinski definition) is 8. The molecular weight excluding hydrogens is 440 g/mol. The van der Waals surface area contributed by atoms with Gasteiger partial charge in [-0.15, -0.1) is 10.2 Å². The number of ether oxygens (including phenoxy) is 2. The van der Waals surface area contributed by atoms with Crippen molar-refractivity contribution in [3.8, 4) is 22.1 Å². The number of nitrogens with zero attached hydrogens (tertiary/aromatic N) is 3. The molecule has 0 aliphatic carbocycles. The number of aromatic nitrogens is 2. The average Bonchev–Trinajstić information content (AvgIpc) is 3.20. The number of fused-ring (bicyclic) bond motifs is 1. The Kier molecular flexibility index (Phi) is 5.54. The SMILES string of the molecule is COc1ccc(-c2nnc(NC(=O)C3CN(S(C)(=O)=O)c4ccc(C)cc4O3)s2)cc1. The molecule has 11 heteroatoms. The van der Waals surface area contributed by atoms with Gasteiger partial charge in [-0.2, -0.15) is 0 Å². The molecule has 162 valence electrons. The summed E-state index contributed by atoms with van der Waals surface area (Å²) in [6.45, 7) is 1.73. The Morgan fingerprint density at radius 1 is 1.23 bits per heavy atom. The maximum Gasteiger partial charge on any atom is 0.269 e. The van der Waals surface area contributed by atoms with Gasteiger partial charge in [0.15, 0.2) is 6.10 Å². The highest BCUT2D eigenvalue weighted by Gasteiger charge is 2.35. The van der Waals surface area contributed by atoms with Gasteiger partial charge in [-0.1, -0.05) is 17.4 Å². The highest BCUT2D eigenvalue weighted by atomic mass is 32.2. The molecular formula is C20H20N4O5S2. The van der Waals surface area contributed by atoms with Crippen molar-refractivity contribution >= 4 is 38.1 Å². The zero-order valence-electron chi connectivity index (χ0n) is 17.0. The summed E-state index contributed by atoms with van der Waals surface area (Å²) in [6, 6.07) is 12.5. The third-order valence-corrected chi connectivity index (χ3v) is 6.70. The molecule has 0 fully saturated rings. The number of rotatable bonds is 5. The van der Waals surface area contributed by atoms with E-state index in [1.807, 2.05) is 31.2 Å². The molecule has 4 rings (SSSR count). The van der Waals surface area contributed by atoms with E-state index in [1.54, 1.807) is 25.3 Å². The van der Waals surface area contributed by atoms with Crippen molar-refractivity contribution in [3.63, 3.8) is 0 Å². The number of aryl methyl sites for hydroxylation is 1. The highest BCUT2D eigenvalue weighted by molar-refractivity contribution is 7.92. The third-order valence-electron chi connectivity index (χ3n) is 4.67. The van der Waals surface area contributed by atoms with Crippen LogP contribution in [0.1, 0.15) is 5.56 Å². The molecule has 1 aromatic heterocycles. The number of methoxy groups -OCH3 is 1. The Morgan fingerprint density at radius 3 is 2.65 bits per heavy atom. The Labute approximate surface area is 183 Å². The second kappa shape index (κ2) is 8.16. The fourth-order valence-corrected chi connectivity index (χ4v) is 4.79. The lowest BCUT2D eigenvalue weighted by Gasteiger charge is -2.33. The van der Waals surface area contributed by atoms with Crippen molar-refractivity contribution in [2.24, 2.45) is 0 Å². The maximum atomic E-state index is 12.8. The summed E-state index contributed by atoms with van der Waals surface area (Å²) in [4.78, 5) is 12.8. The molecule has 2 heterocycles. The van der Waals surface area contributed by atoms with E-state index in [9.17, 15) is 13.2 Å². The molecule has 31 heavy (non-hydrogen) atoms. The average molecular weight is 461 g/mol. The van der Waals surface area contributed by atoms with Gasteiger partial charge in [0.25, 0.3) is 5.91 Å². The van der Waals surface area contributed by atoms with Crippen LogP contribution in [0.2, 0.25) is 0 Å². The van der Waals surface area contributed by atoms with E-state index in [2.05, 4.69) is 15.5 Å². The van der Waals surface area contributed by atoms with Crippen molar-refractivity contribution in [1.82, 2.24) is 10.2 Å². The summed E-state index contributed by atoms with van der Waals surface area (Å²) in [5.74, 6) is 0.563. The Balaban J connectivity index is 1.53. The van der Waals surface area contributed by atoms with E-state index in [-0.39, 0.29) is 6.54 Å². The van der Waals surface area contributed by atoms with Crippen LogP contribution in [0.5, 0.6) is 11.5 Å². The first kappa shape index (κ1) is 21.1. The summed E-state index contributed by atoms with van der Waals surface area (Å²) in [7, 11) is -2.00. The van der Waals surface area contributed by atoms with E-state index in [4.69, 9.17) is 9.47 Å². The van der Waals surface area contributed by atoms with Crippen molar-refractivity contribution < 1.29 is 22.7 Å². The molecule has 1 aliphatic heterocycles. The van der Waals surface area contributed by atoms with Crippen LogP contribution in [0.15, 0.2) is 42.5 Å². The summed E-state index contributed by atoms with van der Waals surface area (Å²) in [5, 5.41) is 11.7. The number of benzene rings is 2. The minimum absolute atomic E-state index is 0.134. The van der Waals surface area contributed by atoms with Crippen molar-refractivity contribution in [2.75, 3.05) is 29.5 Å². The van der Waals surface area contributed by atoms with Gasteiger partial charge >= 0.3 is 0 Å². The highest BCUT2D eigenvalue weighted by Crippen LogP contribution is 2.36. The molecule has 3 aromatic rings. The largest absolute Gasteiger partial charge is 0.497 e. The number of carbonyl (C=O) groups excluding carboxylic acids is 1. The quantitative estimate of drug-likeness (QED) is 0.623. The van der Waals surface area contributed by atoms with Gasteiger partial charge in [0.1, 0.15) is 16.5 Å². The number of sulfonamides is 1. The summed E-state index contributed by atoms with van der Waals surface area (Å²) in [6.07, 6.45) is 0.0698. The van der Waals surface area contributed by atoms with Gasteiger partial charge in [0.2, 0.25) is 15.2 Å². The van der Waals surface area contributed by atoms with Crippen molar-refractivity contribution in [3.05, 3.63) is 48.0 Å². The monoisotopic (exact) mass is 460 g/mol. The third kappa shape index (κ3) is 4.47. The van der Waals surface area contributed by atoms with Crippen LogP contribution < -0.4 is 19.1 Å². The summed E-state index contributed by atoms with van der Waals surface area (Å²) in [5.41, 5.74) is 2.14. The molecule has 9 nitrogen and oxygen atoms in total. The van der Waals surface area contributed by atoms with Gasteiger partial charge in [-0.25, -0.2) is 8.42 Å². The number of anilines is 2. The smallest absolute Gasteiger partial charge is 0.269 e. The predicted octanol–water partition coefficient (Wildman–Crippen LogP) is 2.69. The molecule has 1 atom stereocenters. The molecule has 0 bridgehead atoms. The number of nitrogens with one attached hydrogen (secondary N) is 1. The fraction of sp³-hybridized carbons (Fsp3) is 0.250. The maximum absolute atomic E-state index is 12.8. The van der Waals surface area contributed by atoms with E-state index in [1.165, 1.54) is 15.6 Å². The number of carbonyl (C=O) groups is 1. The zero-order valence-corrected chi connectivity index (χ0v) is 18.7. The lowest BCUT2D eigenvalue weighted by molar-refractivity contribution is -0.122. The molecule has 0 saturated carbocycles. The minimum Gasteiger partial charge on any atom is -0.497 e. The van der Waals surface area contributed by atoms with Crippen molar-refractivity contribution in [1.29, 1.82) is 0 Å². The van der Waals surface area contributed by atoms with E-state index in [0.717, 1.165) is 23.1 Å². The van der Waals surface area contributed by atoms with Crippen LogP contribution in [0.3, 0.4) is 0 Å². The standard InChI is InChI=1S/C20H20N4O5S2/c1-12-4-9-15-16(10-12)29-17(11-24(15)31(3,26)27)18(25)21-20-23-22-19(30-20)13-5-7-14(28-2)8-6-13/h4-10,17H,11H2,1-3H3,(H,21,23,25). The fourth-order valence-electron chi connectivity index (χ4n) is 3.12. The normalized spacial score (nSPS) is 15.7. The molecule has 2 aromatic carbocycles. The van der Waals surface area contributed by atoms with Gasteiger partial charge in [0.05, 0.1) is 25.6 Å². The first-order valence-electron chi connectivity index (χ1n) is 9.28. The Morgan fingerprint density at radius 2 is 1.97 bits per heavy atom. The zero-order chi connectivity index (χ0) is 22.2. The second-order valence-electron chi connectivity index (χ2n) is 7.00. The van der Waals surface area contributed by atoms with Crippen LogP contribution in [-0.4, -0.2) is 50.5 Å².